The van der Waals surface area contributed by atoms with E-state index in [4.69, 9.17) is 31.1 Å². The highest BCUT2D eigenvalue weighted by Gasteiger charge is 2.20. The fourth-order valence-electron chi connectivity index (χ4n) is 2.91. The molecule has 0 aromatic heterocycles. The average molecular weight is 362 g/mol. The molecule has 0 aliphatic rings. The molecule has 0 heterocycles. The Labute approximate surface area is 151 Å². The minimum Gasteiger partial charge on any atom is -0.461 e. The first kappa shape index (κ1) is 23.2. The minimum atomic E-state index is -0.317. The highest BCUT2D eigenvalue weighted by molar-refractivity contribution is 6.17. The molecule has 0 bridgehead atoms. The fourth-order valence-corrected chi connectivity index (χ4v) is 3.06. The summed E-state index contributed by atoms with van der Waals surface area (Å²) in [6, 6.07) is 2.07. The van der Waals surface area contributed by atoms with Crippen molar-refractivity contribution in [3.8, 4) is 6.07 Å². The normalized spacial score (nSPS) is 13.5. The van der Waals surface area contributed by atoms with Gasteiger partial charge in [0.25, 0.3) is 0 Å². The Bertz CT molecular complexity index is 355. The Morgan fingerprint density at radius 1 is 1.04 bits per heavy atom. The van der Waals surface area contributed by atoms with Gasteiger partial charge < -0.3 is 14.2 Å². The lowest BCUT2D eigenvalue weighted by Crippen LogP contribution is -2.25. The Morgan fingerprint density at radius 3 is 2.12 bits per heavy atom. The van der Waals surface area contributed by atoms with E-state index in [0.717, 1.165) is 51.4 Å². The minimum absolute atomic E-state index is 0.169. The van der Waals surface area contributed by atoms with Crippen LogP contribution in [0.2, 0.25) is 0 Å². The van der Waals surface area contributed by atoms with Crippen molar-refractivity contribution in [3.63, 3.8) is 0 Å². The topological polar surface area (TPSA) is 68.6 Å². The van der Waals surface area contributed by atoms with Gasteiger partial charge >= 0.3 is 5.97 Å². The molecular formula is C18H32ClNO4. The van der Waals surface area contributed by atoms with Crippen molar-refractivity contribution in [2.75, 3.05) is 20.1 Å². The van der Waals surface area contributed by atoms with Gasteiger partial charge in [0.15, 0.2) is 6.29 Å². The molecule has 0 saturated heterocycles. The predicted molar refractivity (Wildman–Crippen MR) is 94.7 cm³/mol. The summed E-state index contributed by atoms with van der Waals surface area (Å²) in [5.41, 5.74) is 0. The third-order valence-corrected chi connectivity index (χ3v) is 4.33. The lowest BCUT2D eigenvalue weighted by atomic mass is 9.95. The number of carbonyl (C=O) groups is 1. The summed E-state index contributed by atoms with van der Waals surface area (Å²) in [7, 11) is 3.35. The molecule has 0 amide bonds. The summed E-state index contributed by atoms with van der Waals surface area (Å²) in [5.74, 6) is 0.710. The number of hydrogen-bond donors (Lipinski definition) is 0. The number of ether oxygens (including phenoxy) is 3. The fraction of sp³-hybridized carbons (Fsp3) is 0.889. The Balaban J connectivity index is 3.98. The quantitative estimate of drug-likeness (QED) is 0.187. The van der Waals surface area contributed by atoms with Crippen LogP contribution in [0, 0.1) is 17.2 Å². The zero-order chi connectivity index (χ0) is 18.2. The van der Waals surface area contributed by atoms with Crippen LogP contribution in [-0.2, 0) is 19.0 Å². The van der Waals surface area contributed by atoms with Crippen molar-refractivity contribution in [2.24, 2.45) is 5.92 Å². The zero-order valence-corrected chi connectivity index (χ0v) is 16.0. The maximum atomic E-state index is 11.0. The van der Waals surface area contributed by atoms with Gasteiger partial charge in [-0.3, -0.25) is 4.79 Å². The Kier molecular flexibility index (Phi) is 15.1. The zero-order valence-electron chi connectivity index (χ0n) is 15.3. The summed E-state index contributed by atoms with van der Waals surface area (Å²) in [5, 5.41) is 8.75. The molecule has 0 rings (SSSR count). The molecule has 140 valence electrons. The van der Waals surface area contributed by atoms with E-state index in [2.05, 4.69) is 6.07 Å². The third-order valence-electron chi connectivity index (χ3n) is 4.06. The van der Waals surface area contributed by atoms with Gasteiger partial charge in [-0.15, -0.1) is 11.6 Å². The maximum Gasteiger partial charge on any atom is 0.302 e. The number of halogens is 1. The molecule has 24 heavy (non-hydrogen) atoms. The summed E-state index contributed by atoms with van der Waals surface area (Å²) >= 11 is 5.79. The van der Waals surface area contributed by atoms with Crippen molar-refractivity contribution in [1.29, 1.82) is 5.26 Å². The van der Waals surface area contributed by atoms with Gasteiger partial charge in [0, 0.05) is 32.9 Å². The SMILES string of the molecule is COC(OC)C(CCCCl)CCCCCC[C@@H](CC#N)OC(C)=O. The highest BCUT2D eigenvalue weighted by atomic mass is 35.5. The van der Waals surface area contributed by atoms with Gasteiger partial charge in [-0.2, -0.15) is 5.26 Å². The molecule has 0 radical (unpaired) electrons. The summed E-state index contributed by atoms with van der Waals surface area (Å²) < 4.78 is 15.9. The Hall–Kier alpha value is -0.830. The highest BCUT2D eigenvalue weighted by Crippen LogP contribution is 2.23. The Morgan fingerprint density at radius 2 is 1.62 bits per heavy atom. The first-order valence-electron chi connectivity index (χ1n) is 8.74. The number of unbranched alkanes of at least 4 members (excludes halogenated alkanes) is 3. The van der Waals surface area contributed by atoms with Crippen molar-refractivity contribution in [3.05, 3.63) is 0 Å². The summed E-state index contributed by atoms with van der Waals surface area (Å²) in [6.45, 7) is 1.38. The van der Waals surface area contributed by atoms with E-state index in [-0.39, 0.29) is 24.8 Å². The molecular weight excluding hydrogens is 330 g/mol. The maximum absolute atomic E-state index is 11.0. The number of esters is 1. The van der Waals surface area contributed by atoms with Gasteiger partial charge in [0.1, 0.15) is 6.10 Å². The molecule has 0 aliphatic carbocycles. The molecule has 6 heteroatoms. The molecule has 1 unspecified atom stereocenters. The van der Waals surface area contributed by atoms with Crippen LogP contribution >= 0.6 is 11.6 Å². The van der Waals surface area contributed by atoms with E-state index in [0.29, 0.717) is 11.8 Å². The smallest absolute Gasteiger partial charge is 0.302 e. The number of alkyl halides is 1. The van der Waals surface area contributed by atoms with Crippen LogP contribution < -0.4 is 0 Å². The van der Waals surface area contributed by atoms with Crippen molar-refractivity contribution >= 4 is 17.6 Å². The second-order valence-electron chi connectivity index (χ2n) is 6.02. The predicted octanol–water partition coefficient (Wildman–Crippen LogP) is 4.43. The van der Waals surface area contributed by atoms with E-state index >= 15 is 0 Å². The van der Waals surface area contributed by atoms with E-state index in [1.807, 2.05) is 0 Å². The monoisotopic (exact) mass is 361 g/mol. The van der Waals surface area contributed by atoms with Gasteiger partial charge in [0.2, 0.25) is 0 Å². The molecule has 0 aromatic carbocycles. The van der Waals surface area contributed by atoms with E-state index < -0.39 is 0 Å². The summed E-state index contributed by atoms with van der Waals surface area (Å²) in [6.07, 6.45) is 7.84. The van der Waals surface area contributed by atoms with E-state index in [9.17, 15) is 4.79 Å². The molecule has 0 fully saturated rings. The second kappa shape index (κ2) is 15.7. The van der Waals surface area contributed by atoms with Crippen LogP contribution in [0.4, 0.5) is 0 Å². The van der Waals surface area contributed by atoms with Gasteiger partial charge in [-0.1, -0.05) is 19.3 Å². The number of nitriles is 1. The lowest BCUT2D eigenvalue weighted by Gasteiger charge is -2.24. The first-order valence-corrected chi connectivity index (χ1v) is 9.28. The van der Waals surface area contributed by atoms with Gasteiger partial charge in [0.05, 0.1) is 12.5 Å². The molecule has 0 saturated carbocycles. The van der Waals surface area contributed by atoms with Crippen molar-refractivity contribution in [2.45, 2.75) is 77.1 Å². The number of nitrogens with zero attached hydrogens (tertiary/aromatic N) is 1. The van der Waals surface area contributed by atoms with Crippen LogP contribution in [0.1, 0.15) is 64.7 Å². The largest absolute Gasteiger partial charge is 0.461 e. The third kappa shape index (κ3) is 11.7. The van der Waals surface area contributed by atoms with Crippen LogP contribution in [-0.4, -0.2) is 38.5 Å². The first-order chi connectivity index (χ1) is 11.6. The van der Waals surface area contributed by atoms with Crippen LogP contribution in [0.3, 0.4) is 0 Å². The van der Waals surface area contributed by atoms with Gasteiger partial charge in [-0.05, 0) is 32.1 Å². The lowest BCUT2D eigenvalue weighted by molar-refractivity contribution is -0.146. The number of methoxy groups -OCH3 is 2. The number of carbonyl (C=O) groups excluding carboxylic acids is 1. The standard InChI is InChI=1S/C18H32ClNO4/c1-15(21)24-17(12-14-20)11-7-5-4-6-9-16(10-8-13-19)18(22-2)23-3/h16-18H,4-13H2,1-3H3/t16?,17-/m0/s1. The number of rotatable bonds is 15. The van der Waals surface area contributed by atoms with Gasteiger partial charge in [-0.25, -0.2) is 0 Å². The van der Waals surface area contributed by atoms with E-state index in [1.165, 1.54) is 6.92 Å². The molecule has 0 aliphatic heterocycles. The van der Waals surface area contributed by atoms with Crippen LogP contribution in [0.5, 0.6) is 0 Å². The molecule has 0 spiro atoms. The van der Waals surface area contributed by atoms with Crippen molar-refractivity contribution in [1.82, 2.24) is 0 Å². The molecule has 0 aromatic rings. The van der Waals surface area contributed by atoms with E-state index in [1.54, 1.807) is 14.2 Å². The summed E-state index contributed by atoms with van der Waals surface area (Å²) in [4.78, 5) is 11.0. The molecule has 2 atom stereocenters. The second-order valence-corrected chi connectivity index (χ2v) is 6.39. The van der Waals surface area contributed by atoms with Crippen molar-refractivity contribution < 1.29 is 19.0 Å². The average Bonchev–Trinajstić information content (AvgIpc) is 2.55. The number of hydrogen-bond acceptors (Lipinski definition) is 5. The van der Waals surface area contributed by atoms with Crippen LogP contribution in [0.15, 0.2) is 0 Å². The molecule has 5 nitrogen and oxygen atoms in total. The van der Waals surface area contributed by atoms with Crippen LogP contribution in [0.25, 0.3) is 0 Å². The molecule has 0 N–H and O–H groups in total.